The van der Waals surface area contributed by atoms with Crippen LogP contribution in [0.4, 0.5) is 5.69 Å². The van der Waals surface area contributed by atoms with Gasteiger partial charge in [0.25, 0.3) is 0 Å². The van der Waals surface area contributed by atoms with Gasteiger partial charge in [-0.25, -0.2) is 18.2 Å². The quantitative estimate of drug-likeness (QED) is 0.421. The number of thioether (sulfide) groups is 1. The SMILES string of the molecule is COC(=O)C1CSC(C(=O)OC)N1S(=O)(=O)c1ccc(-c2ncc(-c3ccc(N(C)C)cc3)o2)cc1. The number of hydrogen-bond donors (Lipinski definition) is 0. The van der Waals surface area contributed by atoms with Crippen molar-refractivity contribution in [3.63, 3.8) is 0 Å². The van der Waals surface area contributed by atoms with E-state index in [-0.39, 0.29) is 10.6 Å². The summed E-state index contributed by atoms with van der Waals surface area (Å²) in [5.74, 6) is -0.555. The number of ether oxygens (including phenoxy) is 2. The number of methoxy groups -OCH3 is 2. The number of carbonyl (C=O) groups is 2. The Morgan fingerprint density at radius 1 is 1.00 bits per heavy atom. The normalized spacial score (nSPS) is 18.1. The number of sulfonamides is 1. The number of anilines is 1. The van der Waals surface area contributed by atoms with Gasteiger partial charge < -0.3 is 18.8 Å². The minimum absolute atomic E-state index is 0.0678. The molecule has 0 spiro atoms. The highest BCUT2D eigenvalue weighted by atomic mass is 32.2. The summed E-state index contributed by atoms with van der Waals surface area (Å²) in [5.41, 5.74) is 2.47. The average Bonchev–Trinajstić information content (AvgIpc) is 3.56. The molecule has 0 bridgehead atoms. The monoisotopic (exact) mass is 531 g/mol. The Hall–Kier alpha value is -3.35. The molecule has 2 heterocycles. The van der Waals surface area contributed by atoms with Crippen LogP contribution in [0.15, 0.2) is 64.0 Å². The van der Waals surface area contributed by atoms with Crippen molar-refractivity contribution in [1.82, 2.24) is 9.29 Å². The Kier molecular flexibility index (Phi) is 7.38. The first-order valence-corrected chi connectivity index (χ1v) is 13.3. The fourth-order valence-corrected chi connectivity index (χ4v) is 7.08. The third-order valence-corrected chi connectivity index (χ3v) is 8.94. The summed E-state index contributed by atoms with van der Waals surface area (Å²) >= 11 is 1.00. The van der Waals surface area contributed by atoms with E-state index in [1.807, 2.05) is 43.3 Å². The van der Waals surface area contributed by atoms with Crippen molar-refractivity contribution in [2.75, 3.05) is 39.0 Å². The summed E-state index contributed by atoms with van der Waals surface area (Å²) < 4.78 is 43.2. The molecule has 1 aliphatic heterocycles. The third-order valence-electron chi connectivity index (χ3n) is 5.68. The first kappa shape index (κ1) is 25.7. The molecule has 0 radical (unpaired) electrons. The molecular weight excluding hydrogens is 506 g/mol. The molecule has 3 aromatic rings. The number of carbonyl (C=O) groups excluding carboxylic acids is 2. The largest absolute Gasteiger partial charge is 0.468 e. The van der Waals surface area contributed by atoms with E-state index in [4.69, 9.17) is 13.9 Å². The van der Waals surface area contributed by atoms with Crippen LogP contribution in [0.1, 0.15) is 0 Å². The van der Waals surface area contributed by atoms with Gasteiger partial charge in [0.1, 0.15) is 6.04 Å². The summed E-state index contributed by atoms with van der Waals surface area (Å²) in [6.45, 7) is 0. The lowest BCUT2D eigenvalue weighted by atomic mass is 10.1. The number of oxazole rings is 1. The van der Waals surface area contributed by atoms with Gasteiger partial charge in [-0.1, -0.05) is 0 Å². The molecule has 0 N–H and O–H groups in total. The molecule has 2 unspecified atom stereocenters. The van der Waals surface area contributed by atoms with Crippen LogP contribution in [-0.2, 0) is 29.1 Å². The predicted octanol–water partition coefficient (Wildman–Crippen LogP) is 2.85. The smallest absolute Gasteiger partial charge is 0.334 e. The summed E-state index contributed by atoms with van der Waals surface area (Å²) in [5, 5.41) is -1.20. The van der Waals surface area contributed by atoms with Gasteiger partial charge in [-0.15, -0.1) is 11.8 Å². The van der Waals surface area contributed by atoms with E-state index in [1.54, 1.807) is 18.3 Å². The van der Waals surface area contributed by atoms with E-state index in [0.717, 1.165) is 34.4 Å². The molecule has 1 aliphatic rings. The Morgan fingerprint density at radius 2 is 1.61 bits per heavy atom. The predicted molar refractivity (Wildman–Crippen MR) is 135 cm³/mol. The minimum Gasteiger partial charge on any atom is -0.468 e. The average molecular weight is 532 g/mol. The number of esters is 2. The summed E-state index contributed by atoms with van der Waals surface area (Å²) in [4.78, 5) is 30.7. The van der Waals surface area contributed by atoms with Crippen molar-refractivity contribution >= 4 is 39.4 Å². The van der Waals surface area contributed by atoms with Gasteiger partial charge in [0.05, 0.1) is 25.3 Å². The molecule has 2 atom stereocenters. The Bertz CT molecular complexity index is 1330. The van der Waals surface area contributed by atoms with Crippen LogP contribution in [0, 0.1) is 0 Å². The lowest BCUT2D eigenvalue weighted by Crippen LogP contribution is -2.48. The van der Waals surface area contributed by atoms with Crippen LogP contribution in [0.3, 0.4) is 0 Å². The number of nitrogens with zero attached hydrogens (tertiary/aromatic N) is 3. The van der Waals surface area contributed by atoms with E-state index in [1.165, 1.54) is 19.2 Å². The summed E-state index contributed by atoms with van der Waals surface area (Å²) in [6, 6.07) is 12.5. The van der Waals surface area contributed by atoms with Crippen molar-refractivity contribution in [2.45, 2.75) is 16.3 Å². The van der Waals surface area contributed by atoms with Gasteiger partial charge in [-0.3, -0.25) is 4.79 Å². The van der Waals surface area contributed by atoms with Crippen LogP contribution in [0.25, 0.3) is 22.8 Å². The van der Waals surface area contributed by atoms with Crippen LogP contribution >= 0.6 is 11.8 Å². The van der Waals surface area contributed by atoms with Crippen LogP contribution in [0.5, 0.6) is 0 Å². The van der Waals surface area contributed by atoms with Crippen LogP contribution < -0.4 is 4.90 Å². The molecule has 1 fully saturated rings. The standard InChI is InChI=1S/C24H25N3O7S2/c1-26(2)17-9-5-15(6-10-17)20-13-25-21(34-20)16-7-11-18(12-8-16)36(30,31)27-19(23(28)32-3)14-35-22(27)24(29)33-4/h5-13,19,22H,14H2,1-4H3. The molecule has 12 heteroatoms. The van der Waals surface area contributed by atoms with E-state index < -0.39 is 33.4 Å². The van der Waals surface area contributed by atoms with Gasteiger partial charge in [0, 0.05) is 36.7 Å². The van der Waals surface area contributed by atoms with Gasteiger partial charge in [0.15, 0.2) is 11.1 Å². The molecule has 4 rings (SSSR count). The lowest BCUT2D eigenvalue weighted by molar-refractivity contribution is -0.146. The first-order valence-electron chi connectivity index (χ1n) is 10.8. The summed E-state index contributed by atoms with van der Waals surface area (Å²) in [6.07, 6.45) is 1.61. The zero-order chi connectivity index (χ0) is 26.0. The molecule has 190 valence electrons. The van der Waals surface area contributed by atoms with E-state index in [9.17, 15) is 18.0 Å². The first-order chi connectivity index (χ1) is 17.2. The second-order valence-corrected chi connectivity index (χ2v) is 11.0. The molecule has 1 saturated heterocycles. The van der Waals surface area contributed by atoms with Crippen LogP contribution in [-0.4, -0.2) is 75.1 Å². The Labute approximate surface area is 213 Å². The maximum absolute atomic E-state index is 13.5. The summed E-state index contributed by atoms with van der Waals surface area (Å²) in [7, 11) is 2.00. The van der Waals surface area contributed by atoms with Gasteiger partial charge in [-0.2, -0.15) is 4.31 Å². The topological polar surface area (TPSA) is 119 Å². The molecule has 36 heavy (non-hydrogen) atoms. The van der Waals surface area contributed by atoms with Gasteiger partial charge >= 0.3 is 11.9 Å². The Morgan fingerprint density at radius 3 is 2.19 bits per heavy atom. The molecular formula is C24H25N3O7S2. The fourth-order valence-electron chi connectivity index (χ4n) is 3.72. The van der Waals surface area contributed by atoms with Crippen molar-refractivity contribution in [1.29, 1.82) is 0 Å². The highest BCUT2D eigenvalue weighted by Gasteiger charge is 2.50. The molecule has 2 aromatic carbocycles. The van der Waals surface area contributed by atoms with Gasteiger partial charge in [-0.05, 0) is 48.5 Å². The van der Waals surface area contributed by atoms with E-state index in [0.29, 0.717) is 17.2 Å². The Balaban J connectivity index is 1.60. The zero-order valence-corrected chi connectivity index (χ0v) is 21.7. The number of hydrogen-bond acceptors (Lipinski definition) is 10. The minimum atomic E-state index is -4.24. The second-order valence-electron chi connectivity index (χ2n) is 8.08. The number of rotatable bonds is 7. The molecule has 10 nitrogen and oxygen atoms in total. The maximum Gasteiger partial charge on any atom is 0.334 e. The van der Waals surface area contributed by atoms with E-state index in [2.05, 4.69) is 4.98 Å². The fraction of sp³-hybridized carbons (Fsp3) is 0.292. The maximum atomic E-state index is 13.5. The molecule has 1 aromatic heterocycles. The van der Waals surface area contributed by atoms with Gasteiger partial charge in [0.2, 0.25) is 15.9 Å². The molecule has 0 saturated carbocycles. The number of aromatic nitrogens is 1. The highest BCUT2D eigenvalue weighted by Crippen LogP contribution is 2.36. The third kappa shape index (κ3) is 4.84. The highest BCUT2D eigenvalue weighted by molar-refractivity contribution is 8.02. The van der Waals surface area contributed by atoms with Crippen molar-refractivity contribution in [2.24, 2.45) is 0 Å². The van der Waals surface area contributed by atoms with Crippen LogP contribution in [0.2, 0.25) is 0 Å². The van der Waals surface area contributed by atoms with E-state index >= 15 is 0 Å². The van der Waals surface area contributed by atoms with Crippen molar-refractivity contribution in [3.05, 3.63) is 54.7 Å². The molecule has 0 aliphatic carbocycles. The van der Waals surface area contributed by atoms with Crippen molar-refractivity contribution in [3.8, 4) is 22.8 Å². The number of benzene rings is 2. The van der Waals surface area contributed by atoms with Crippen molar-refractivity contribution < 1.29 is 31.9 Å². The second kappa shape index (κ2) is 10.3. The zero-order valence-electron chi connectivity index (χ0n) is 20.1. The lowest BCUT2D eigenvalue weighted by Gasteiger charge is -2.25. The molecule has 0 amide bonds.